The SMILES string of the molecule is CNc1nc(C)nc(NCC(O)CO)c1C. The van der Waals surface area contributed by atoms with Crippen molar-refractivity contribution in [2.45, 2.75) is 20.0 Å². The molecule has 0 bridgehead atoms. The molecule has 0 spiro atoms. The minimum atomic E-state index is -0.785. The first-order valence-electron chi connectivity index (χ1n) is 5.14. The van der Waals surface area contributed by atoms with Crippen molar-refractivity contribution in [2.24, 2.45) is 0 Å². The zero-order valence-corrected chi connectivity index (χ0v) is 9.78. The smallest absolute Gasteiger partial charge is 0.134 e. The van der Waals surface area contributed by atoms with Gasteiger partial charge in [-0.05, 0) is 13.8 Å². The average Bonchev–Trinajstić information content (AvgIpc) is 2.29. The van der Waals surface area contributed by atoms with E-state index >= 15 is 0 Å². The van der Waals surface area contributed by atoms with Crippen LogP contribution in [0.5, 0.6) is 0 Å². The second kappa shape index (κ2) is 5.62. The molecule has 1 aromatic heterocycles. The summed E-state index contributed by atoms with van der Waals surface area (Å²) in [5.41, 5.74) is 0.887. The third-order valence-corrected chi connectivity index (χ3v) is 2.21. The van der Waals surface area contributed by atoms with Crippen LogP contribution in [0, 0.1) is 13.8 Å². The van der Waals surface area contributed by atoms with Gasteiger partial charge in [0.2, 0.25) is 0 Å². The first-order chi connectivity index (χ1) is 7.58. The summed E-state index contributed by atoms with van der Waals surface area (Å²) in [6.45, 7) is 3.68. The predicted octanol–water partition coefficient (Wildman–Crippen LogP) is -0.0998. The standard InChI is InChI=1S/C10H18N4O2/c1-6-9(11-3)13-7(2)14-10(6)12-4-8(16)5-15/h8,15-16H,4-5H2,1-3H3,(H2,11,12,13,14). The minimum absolute atomic E-state index is 0.261. The van der Waals surface area contributed by atoms with E-state index in [9.17, 15) is 5.11 Å². The first kappa shape index (κ1) is 12.7. The number of hydrogen-bond donors (Lipinski definition) is 4. The number of aromatic nitrogens is 2. The number of aryl methyl sites for hydroxylation is 1. The number of hydrogen-bond acceptors (Lipinski definition) is 6. The molecule has 0 aliphatic rings. The van der Waals surface area contributed by atoms with E-state index in [0.717, 1.165) is 11.4 Å². The highest BCUT2D eigenvalue weighted by atomic mass is 16.3. The number of nitrogens with one attached hydrogen (secondary N) is 2. The molecule has 6 nitrogen and oxygen atoms in total. The molecule has 0 fully saturated rings. The number of anilines is 2. The molecule has 0 aliphatic heterocycles. The van der Waals surface area contributed by atoms with Gasteiger partial charge in [0.15, 0.2) is 0 Å². The fraction of sp³-hybridized carbons (Fsp3) is 0.600. The molecule has 6 heteroatoms. The Balaban J connectivity index is 2.83. The van der Waals surface area contributed by atoms with Crippen LogP contribution in [0.15, 0.2) is 0 Å². The van der Waals surface area contributed by atoms with Gasteiger partial charge in [0.25, 0.3) is 0 Å². The minimum Gasteiger partial charge on any atom is -0.394 e. The molecule has 16 heavy (non-hydrogen) atoms. The second-order valence-corrected chi connectivity index (χ2v) is 3.56. The topological polar surface area (TPSA) is 90.3 Å². The van der Waals surface area contributed by atoms with Crippen LogP contribution in [0.4, 0.5) is 11.6 Å². The molecular weight excluding hydrogens is 208 g/mol. The van der Waals surface area contributed by atoms with E-state index < -0.39 is 6.10 Å². The van der Waals surface area contributed by atoms with Gasteiger partial charge in [0.05, 0.1) is 12.7 Å². The Labute approximate surface area is 94.7 Å². The second-order valence-electron chi connectivity index (χ2n) is 3.56. The summed E-state index contributed by atoms with van der Waals surface area (Å²) >= 11 is 0. The van der Waals surface area contributed by atoms with E-state index in [4.69, 9.17) is 5.11 Å². The van der Waals surface area contributed by atoms with Crippen LogP contribution >= 0.6 is 0 Å². The van der Waals surface area contributed by atoms with Gasteiger partial charge in [0.1, 0.15) is 17.5 Å². The molecule has 0 aliphatic carbocycles. The Hall–Kier alpha value is -1.40. The molecular formula is C10H18N4O2. The fourth-order valence-electron chi connectivity index (χ4n) is 1.32. The molecule has 90 valence electrons. The number of rotatable bonds is 5. The van der Waals surface area contributed by atoms with Gasteiger partial charge in [-0.3, -0.25) is 0 Å². The molecule has 0 aromatic carbocycles. The first-order valence-corrected chi connectivity index (χ1v) is 5.14. The summed E-state index contributed by atoms with van der Waals surface area (Å²) in [5.74, 6) is 2.08. The quantitative estimate of drug-likeness (QED) is 0.560. The maximum Gasteiger partial charge on any atom is 0.134 e. The summed E-state index contributed by atoms with van der Waals surface area (Å²) in [4.78, 5) is 8.46. The van der Waals surface area contributed by atoms with Gasteiger partial charge < -0.3 is 20.8 Å². The van der Waals surface area contributed by atoms with Gasteiger partial charge >= 0.3 is 0 Å². The Kier molecular flexibility index (Phi) is 4.45. The van der Waals surface area contributed by atoms with Crippen LogP contribution in [0.3, 0.4) is 0 Å². The van der Waals surface area contributed by atoms with Crippen molar-refractivity contribution >= 4 is 11.6 Å². The molecule has 0 saturated carbocycles. The van der Waals surface area contributed by atoms with Crippen LogP contribution in [0.25, 0.3) is 0 Å². The Morgan fingerprint density at radius 1 is 1.25 bits per heavy atom. The fourth-order valence-corrected chi connectivity index (χ4v) is 1.32. The predicted molar refractivity (Wildman–Crippen MR) is 62.6 cm³/mol. The summed E-state index contributed by atoms with van der Waals surface area (Å²) in [6.07, 6.45) is -0.785. The highest BCUT2D eigenvalue weighted by molar-refractivity contribution is 5.56. The van der Waals surface area contributed by atoms with Gasteiger partial charge in [-0.2, -0.15) is 0 Å². The number of aliphatic hydroxyl groups is 2. The highest BCUT2D eigenvalue weighted by Crippen LogP contribution is 2.18. The van der Waals surface area contributed by atoms with Gasteiger partial charge in [-0.25, -0.2) is 9.97 Å². The zero-order chi connectivity index (χ0) is 12.1. The third kappa shape index (κ3) is 3.04. The molecule has 1 heterocycles. The Bertz CT molecular complexity index is 357. The van der Waals surface area contributed by atoms with Crippen LogP contribution < -0.4 is 10.6 Å². The van der Waals surface area contributed by atoms with E-state index in [-0.39, 0.29) is 13.2 Å². The number of aliphatic hydroxyl groups excluding tert-OH is 2. The molecule has 4 N–H and O–H groups in total. The van der Waals surface area contributed by atoms with Gasteiger partial charge in [-0.15, -0.1) is 0 Å². The Morgan fingerprint density at radius 3 is 2.44 bits per heavy atom. The Morgan fingerprint density at radius 2 is 1.88 bits per heavy atom. The van der Waals surface area contributed by atoms with Crippen molar-refractivity contribution in [3.05, 3.63) is 11.4 Å². The molecule has 0 radical (unpaired) electrons. The summed E-state index contributed by atoms with van der Waals surface area (Å²) in [5, 5.41) is 23.9. The third-order valence-electron chi connectivity index (χ3n) is 2.21. The van der Waals surface area contributed by atoms with Crippen molar-refractivity contribution in [3.8, 4) is 0 Å². The lowest BCUT2D eigenvalue weighted by atomic mass is 10.3. The van der Waals surface area contributed by atoms with E-state index in [1.54, 1.807) is 14.0 Å². The monoisotopic (exact) mass is 226 g/mol. The lowest BCUT2D eigenvalue weighted by molar-refractivity contribution is 0.105. The van der Waals surface area contributed by atoms with Crippen molar-refractivity contribution in [3.63, 3.8) is 0 Å². The van der Waals surface area contributed by atoms with Crippen LogP contribution in [-0.4, -0.2) is 46.5 Å². The van der Waals surface area contributed by atoms with Crippen molar-refractivity contribution in [1.29, 1.82) is 0 Å². The van der Waals surface area contributed by atoms with Crippen LogP contribution in [0.2, 0.25) is 0 Å². The average molecular weight is 226 g/mol. The van der Waals surface area contributed by atoms with E-state index in [2.05, 4.69) is 20.6 Å². The molecule has 1 rings (SSSR count). The van der Waals surface area contributed by atoms with Crippen molar-refractivity contribution < 1.29 is 10.2 Å². The largest absolute Gasteiger partial charge is 0.394 e. The van der Waals surface area contributed by atoms with E-state index in [0.29, 0.717) is 11.6 Å². The zero-order valence-electron chi connectivity index (χ0n) is 9.78. The molecule has 1 unspecified atom stereocenters. The van der Waals surface area contributed by atoms with Gasteiger partial charge in [-0.1, -0.05) is 0 Å². The van der Waals surface area contributed by atoms with Crippen molar-refractivity contribution in [2.75, 3.05) is 30.8 Å². The molecule has 0 amide bonds. The normalized spacial score (nSPS) is 12.3. The molecule has 0 saturated heterocycles. The number of nitrogens with zero attached hydrogens (tertiary/aromatic N) is 2. The van der Waals surface area contributed by atoms with E-state index in [1.807, 2.05) is 6.92 Å². The van der Waals surface area contributed by atoms with Crippen LogP contribution in [0.1, 0.15) is 11.4 Å². The van der Waals surface area contributed by atoms with Crippen LogP contribution in [-0.2, 0) is 0 Å². The molecule has 1 atom stereocenters. The summed E-state index contributed by atoms with van der Waals surface area (Å²) < 4.78 is 0. The maximum atomic E-state index is 9.23. The van der Waals surface area contributed by atoms with Crippen molar-refractivity contribution in [1.82, 2.24) is 9.97 Å². The maximum absolute atomic E-state index is 9.23. The van der Waals surface area contributed by atoms with Gasteiger partial charge in [0, 0.05) is 19.2 Å². The lowest BCUT2D eigenvalue weighted by Gasteiger charge is -2.14. The van der Waals surface area contributed by atoms with E-state index in [1.165, 1.54) is 0 Å². The lowest BCUT2D eigenvalue weighted by Crippen LogP contribution is -2.24. The summed E-state index contributed by atoms with van der Waals surface area (Å²) in [6, 6.07) is 0. The highest BCUT2D eigenvalue weighted by Gasteiger charge is 2.09. The molecule has 1 aromatic rings. The summed E-state index contributed by atoms with van der Waals surface area (Å²) in [7, 11) is 1.79.